The maximum absolute atomic E-state index is 3.37. The van der Waals surface area contributed by atoms with E-state index in [4.69, 9.17) is 0 Å². The molecule has 8 heavy (non-hydrogen) atoms. The van der Waals surface area contributed by atoms with Gasteiger partial charge >= 0.3 is 0 Å². The van der Waals surface area contributed by atoms with Crippen LogP contribution in [0.3, 0.4) is 0 Å². The molecule has 1 unspecified atom stereocenters. The standard InChI is InChI=1S/C6H8BrN/c1-5-2-3-6(7)8-4-5/h2-4,6,8H,1H3. The van der Waals surface area contributed by atoms with Crippen molar-refractivity contribution in [1.82, 2.24) is 5.32 Å². The Morgan fingerprint density at radius 3 is 2.88 bits per heavy atom. The van der Waals surface area contributed by atoms with Crippen molar-refractivity contribution in [3.05, 3.63) is 23.9 Å². The number of nitrogens with one attached hydrogen (secondary N) is 1. The minimum atomic E-state index is 0.325. The molecule has 1 N–H and O–H groups in total. The van der Waals surface area contributed by atoms with Crippen LogP contribution in [0.25, 0.3) is 0 Å². The van der Waals surface area contributed by atoms with Crippen molar-refractivity contribution in [3.63, 3.8) is 0 Å². The number of alkyl halides is 1. The monoisotopic (exact) mass is 173 g/mol. The number of rotatable bonds is 0. The molecule has 44 valence electrons. The van der Waals surface area contributed by atoms with E-state index in [0.29, 0.717) is 4.95 Å². The molecule has 2 heteroatoms. The summed E-state index contributed by atoms with van der Waals surface area (Å²) in [5.74, 6) is 0. The minimum Gasteiger partial charge on any atom is -0.375 e. The van der Waals surface area contributed by atoms with E-state index in [-0.39, 0.29) is 0 Å². The zero-order valence-electron chi connectivity index (χ0n) is 4.69. The lowest BCUT2D eigenvalue weighted by atomic mass is 10.2. The molecule has 0 saturated carbocycles. The fraction of sp³-hybridized carbons (Fsp3) is 0.333. The van der Waals surface area contributed by atoms with Crippen LogP contribution in [-0.4, -0.2) is 4.95 Å². The molecule has 1 nitrogen and oxygen atoms in total. The van der Waals surface area contributed by atoms with Gasteiger partial charge in [-0.1, -0.05) is 28.1 Å². The molecule has 0 spiro atoms. The highest BCUT2D eigenvalue weighted by molar-refractivity contribution is 9.09. The van der Waals surface area contributed by atoms with Crippen molar-refractivity contribution >= 4 is 15.9 Å². The highest BCUT2D eigenvalue weighted by Crippen LogP contribution is 2.05. The summed E-state index contributed by atoms with van der Waals surface area (Å²) in [7, 11) is 0. The predicted octanol–water partition coefficient (Wildman–Crippen LogP) is 1.77. The zero-order chi connectivity index (χ0) is 5.98. The maximum Gasteiger partial charge on any atom is 0.100 e. The summed E-state index contributed by atoms with van der Waals surface area (Å²) in [6, 6.07) is 0. The first-order valence-corrected chi connectivity index (χ1v) is 3.46. The summed E-state index contributed by atoms with van der Waals surface area (Å²) >= 11 is 3.37. The lowest BCUT2D eigenvalue weighted by molar-refractivity contribution is 0.912. The Kier molecular flexibility index (Phi) is 1.73. The molecule has 0 radical (unpaired) electrons. The molecule has 0 aromatic heterocycles. The smallest absolute Gasteiger partial charge is 0.100 e. The third-order valence-corrected chi connectivity index (χ3v) is 1.57. The van der Waals surface area contributed by atoms with Gasteiger partial charge in [0.2, 0.25) is 0 Å². The van der Waals surface area contributed by atoms with Crippen LogP contribution in [0.15, 0.2) is 23.9 Å². The second-order valence-corrected chi connectivity index (χ2v) is 2.80. The molecular weight excluding hydrogens is 166 g/mol. The third kappa shape index (κ3) is 1.37. The Hall–Kier alpha value is -0.240. The van der Waals surface area contributed by atoms with Crippen molar-refractivity contribution in [1.29, 1.82) is 0 Å². The average molecular weight is 174 g/mol. The van der Waals surface area contributed by atoms with E-state index in [0.717, 1.165) is 0 Å². The first kappa shape index (κ1) is 5.89. The molecule has 1 heterocycles. The van der Waals surface area contributed by atoms with E-state index in [9.17, 15) is 0 Å². The van der Waals surface area contributed by atoms with E-state index in [1.807, 2.05) is 6.20 Å². The second-order valence-electron chi connectivity index (χ2n) is 1.82. The average Bonchev–Trinajstić information content (AvgIpc) is 1.77. The van der Waals surface area contributed by atoms with E-state index in [1.165, 1.54) is 5.57 Å². The Balaban J connectivity index is 2.58. The molecule has 1 aliphatic heterocycles. The van der Waals surface area contributed by atoms with E-state index < -0.39 is 0 Å². The minimum absolute atomic E-state index is 0.325. The van der Waals surface area contributed by atoms with Gasteiger partial charge in [0, 0.05) is 6.20 Å². The topological polar surface area (TPSA) is 12.0 Å². The molecule has 1 rings (SSSR count). The zero-order valence-corrected chi connectivity index (χ0v) is 6.27. The fourth-order valence-corrected chi connectivity index (χ4v) is 0.836. The number of hydrogen-bond acceptors (Lipinski definition) is 1. The largest absolute Gasteiger partial charge is 0.375 e. The number of allylic oxidation sites excluding steroid dienone is 2. The normalized spacial score (nSPS) is 26.8. The molecular formula is C6H8BrN. The van der Waals surface area contributed by atoms with Gasteiger partial charge in [-0.2, -0.15) is 0 Å². The van der Waals surface area contributed by atoms with Crippen LogP contribution in [0, 0.1) is 0 Å². The summed E-state index contributed by atoms with van der Waals surface area (Å²) < 4.78 is 0. The molecule has 0 fully saturated rings. The van der Waals surface area contributed by atoms with E-state index in [2.05, 4.69) is 40.3 Å². The van der Waals surface area contributed by atoms with Crippen molar-refractivity contribution < 1.29 is 0 Å². The van der Waals surface area contributed by atoms with Gasteiger partial charge in [0.05, 0.1) is 0 Å². The van der Waals surface area contributed by atoms with Gasteiger partial charge in [0.15, 0.2) is 0 Å². The maximum atomic E-state index is 3.37. The molecule has 0 aromatic carbocycles. The molecule has 0 aliphatic carbocycles. The van der Waals surface area contributed by atoms with Crippen LogP contribution < -0.4 is 5.32 Å². The highest BCUT2D eigenvalue weighted by atomic mass is 79.9. The van der Waals surface area contributed by atoms with Crippen LogP contribution in [-0.2, 0) is 0 Å². The Labute approximate surface area is 57.6 Å². The number of hydrogen-bond donors (Lipinski definition) is 1. The number of dihydropyridines is 1. The van der Waals surface area contributed by atoms with Gasteiger partial charge in [-0.05, 0) is 12.5 Å². The Bertz CT molecular complexity index is 137. The second kappa shape index (κ2) is 2.35. The van der Waals surface area contributed by atoms with Gasteiger partial charge in [0.25, 0.3) is 0 Å². The Morgan fingerprint density at radius 1 is 1.75 bits per heavy atom. The van der Waals surface area contributed by atoms with Gasteiger partial charge in [-0.15, -0.1) is 0 Å². The van der Waals surface area contributed by atoms with Gasteiger partial charge < -0.3 is 5.32 Å². The van der Waals surface area contributed by atoms with Crippen molar-refractivity contribution in [2.24, 2.45) is 0 Å². The van der Waals surface area contributed by atoms with Crippen LogP contribution in [0.4, 0.5) is 0 Å². The summed E-state index contributed by atoms with van der Waals surface area (Å²) in [5, 5.41) is 3.10. The van der Waals surface area contributed by atoms with Gasteiger partial charge in [0.1, 0.15) is 4.95 Å². The van der Waals surface area contributed by atoms with Crippen LogP contribution in [0.5, 0.6) is 0 Å². The van der Waals surface area contributed by atoms with Crippen molar-refractivity contribution in [2.45, 2.75) is 11.9 Å². The fourth-order valence-electron chi connectivity index (χ4n) is 0.551. The van der Waals surface area contributed by atoms with E-state index in [1.54, 1.807) is 0 Å². The molecule has 1 aliphatic rings. The molecule has 0 saturated heterocycles. The first-order chi connectivity index (χ1) is 3.79. The summed E-state index contributed by atoms with van der Waals surface area (Å²) in [6.45, 7) is 2.06. The lowest BCUT2D eigenvalue weighted by Gasteiger charge is -2.09. The SMILES string of the molecule is CC1=CNC(Br)C=C1. The summed E-state index contributed by atoms with van der Waals surface area (Å²) in [5.41, 5.74) is 1.26. The summed E-state index contributed by atoms with van der Waals surface area (Å²) in [6.07, 6.45) is 6.13. The van der Waals surface area contributed by atoms with Crippen molar-refractivity contribution in [2.75, 3.05) is 0 Å². The van der Waals surface area contributed by atoms with Gasteiger partial charge in [-0.3, -0.25) is 0 Å². The molecule has 0 bridgehead atoms. The third-order valence-electron chi connectivity index (χ3n) is 0.998. The Morgan fingerprint density at radius 2 is 2.50 bits per heavy atom. The quantitative estimate of drug-likeness (QED) is 0.436. The summed E-state index contributed by atoms with van der Waals surface area (Å²) in [4.78, 5) is 0.325. The van der Waals surface area contributed by atoms with Gasteiger partial charge in [-0.25, -0.2) is 0 Å². The molecule has 0 amide bonds. The van der Waals surface area contributed by atoms with Crippen LogP contribution in [0.1, 0.15) is 6.92 Å². The van der Waals surface area contributed by atoms with Crippen LogP contribution >= 0.6 is 15.9 Å². The molecule has 1 atom stereocenters. The first-order valence-electron chi connectivity index (χ1n) is 2.54. The highest BCUT2D eigenvalue weighted by Gasteiger charge is 1.97. The van der Waals surface area contributed by atoms with E-state index >= 15 is 0 Å². The lowest BCUT2D eigenvalue weighted by Crippen LogP contribution is -2.16. The van der Waals surface area contributed by atoms with Crippen molar-refractivity contribution in [3.8, 4) is 0 Å². The number of halogens is 1. The predicted molar refractivity (Wildman–Crippen MR) is 38.7 cm³/mol. The molecule has 0 aromatic rings. The van der Waals surface area contributed by atoms with Crippen LogP contribution in [0.2, 0.25) is 0 Å².